The average molecular weight is 257 g/mol. The fraction of sp³-hybridized carbons (Fsp3) is 0.615. The Hall–Kier alpha value is -0.800. The molecule has 3 nitrogen and oxygen atoms in total. The molecule has 0 spiro atoms. The van der Waals surface area contributed by atoms with Crippen LogP contribution in [0.4, 0.5) is 5.82 Å². The summed E-state index contributed by atoms with van der Waals surface area (Å²) in [5.74, 6) is 0.482. The zero-order valence-corrected chi connectivity index (χ0v) is 11.2. The molecule has 1 rings (SSSR count). The Kier molecular flexibility index (Phi) is 6.97. The van der Waals surface area contributed by atoms with Gasteiger partial charge in [0.1, 0.15) is 5.82 Å². The number of nitrogens with zero attached hydrogens (tertiary/aromatic N) is 1. The zero-order chi connectivity index (χ0) is 12.5. The first kappa shape index (κ1) is 14.3. The van der Waals surface area contributed by atoms with Crippen LogP contribution in [0, 0.1) is 0 Å². The highest BCUT2D eigenvalue weighted by atomic mass is 35.5. The molecule has 0 unspecified atom stereocenters. The first-order valence-electron chi connectivity index (χ1n) is 6.22. The van der Waals surface area contributed by atoms with Crippen LogP contribution < -0.4 is 5.73 Å². The highest BCUT2D eigenvalue weighted by molar-refractivity contribution is 6.31. The topological polar surface area (TPSA) is 48.1 Å². The van der Waals surface area contributed by atoms with Gasteiger partial charge in [0.05, 0.1) is 17.3 Å². The lowest BCUT2D eigenvalue weighted by atomic mass is 10.2. The van der Waals surface area contributed by atoms with Gasteiger partial charge in [-0.25, -0.2) is 4.98 Å². The minimum atomic E-state index is 0.442. The van der Waals surface area contributed by atoms with Crippen LogP contribution in [0.3, 0.4) is 0 Å². The Labute approximate surface area is 108 Å². The summed E-state index contributed by atoms with van der Waals surface area (Å²) in [6, 6.07) is 3.44. The molecule has 1 aromatic rings. The Morgan fingerprint density at radius 3 is 2.76 bits per heavy atom. The number of hydrogen-bond acceptors (Lipinski definition) is 3. The van der Waals surface area contributed by atoms with Gasteiger partial charge in [-0.1, -0.05) is 44.2 Å². The molecule has 1 aromatic heterocycles. The minimum Gasteiger partial charge on any atom is -0.384 e. The number of halogens is 1. The van der Waals surface area contributed by atoms with E-state index in [0.29, 0.717) is 17.4 Å². The highest BCUT2D eigenvalue weighted by Crippen LogP contribution is 2.16. The Bertz CT molecular complexity index is 331. The van der Waals surface area contributed by atoms with Crippen molar-refractivity contribution in [2.24, 2.45) is 0 Å². The molecule has 0 amide bonds. The Balaban J connectivity index is 2.15. The van der Waals surface area contributed by atoms with Gasteiger partial charge < -0.3 is 10.5 Å². The molecule has 0 atom stereocenters. The maximum Gasteiger partial charge on any atom is 0.123 e. The fourth-order valence-corrected chi connectivity index (χ4v) is 1.74. The third-order valence-electron chi connectivity index (χ3n) is 2.57. The standard InChI is InChI=1S/C13H21ClN2O/c1-2-3-4-5-6-9-17-10-12-11(14)7-8-13(15)16-12/h7-8H,2-6,9-10H2,1H3,(H2,15,16). The molecule has 0 saturated carbocycles. The van der Waals surface area contributed by atoms with Crippen LogP contribution >= 0.6 is 11.6 Å². The van der Waals surface area contributed by atoms with Crippen LogP contribution in [0.25, 0.3) is 0 Å². The molecule has 0 aliphatic rings. The number of hydrogen-bond donors (Lipinski definition) is 1. The van der Waals surface area contributed by atoms with Crippen molar-refractivity contribution in [2.75, 3.05) is 12.3 Å². The number of nitrogens with two attached hydrogens (primary N) is 1. The third kappa shape index (κ3) is 5.89. The summed E-state index contributed by atoms with van der Waals surface area (Å²) in [7, 11) is 0. The molecule has 0 bridgehead atoms. The van der Waals surface area contributed by atoms with Crippen molar-refractivity contribution < 1.29 is 4.74 Å². The quantitative estimate of drug-likeness (QED) is 0.720. The minimum absolute atomic E-state index is 0.442. The molecule has 2 N–H and O–H groups in total. The summed E-state index contributed by atoms with van der Waals surface area (Å²) in [5, 5.41) is 0.616. The van der Waals surface area contributed by atoms with E-state index >= 15 is 0 Å². The van der Waals surface area contributed by atoms with Crippen LogP contribution in [0.2, 0.25) is 5.02 Å². The van der Waals surface area contributed by atoms with Gasteiger partial charge in [0, 0.05) is 6.61 Å². The van der Waals surface area contributed by atoms with E-state index < -0.39 is 0 Å². The third-order valence-corrected chi connectivity index (χ3v) is 2.92. The first-order chi connectivity index (χ1) is 8.24. The summed E-state index contributed by atoms with van der Waals surface area (Å²) in [6.07, 6.45) is 6.19. The summed E-state index contributed by atoms with van der Waals surface area (Å²) >= 11 is 5.98. The lowest BCUT2D eigenvalue weighted by Gasteiger charge is -2.06. The largest absolute Gasteiger partial charge is 0.384 e. The molecule has 0 radical (unpaired) electrons. The molecule has 0 fully saturated rings. The molecule has 96 valence electrons. The van der Waals surface area contributed by atoms with Crippen molar-refractivity contribution in [3.63, 3.8) is 0 Å². The van der Waals surface area contributed by atoms with Crippen LogP contribution in [0.1, 0.15) is 44.7 Å². The van der Waals surface area contributed by atoms with Crippen LogP contribution in [0.5, 0.6) is 0 Å². The van der Waals surface area contributed by atoms with Gasteiger partial charge >= 0.3 is 0 Å². The van der Waals surface area contributed by atoms with Gasteiger partial charge in [0.2, 0.25) is 0 Å². The van der Waals surface area contributed by atoms with E-state index in [0.717, 1.165) is 18.7 Å². The van der Waals surface area contributed by atoms with Crippen molar-refractivity contribution in [1.29, 1.82) is 0 Å². The second kappa shape index (κ2) is 8.31. The predicted molar refractivity (Wildman–Crippen MR) is 72.1 cm³/mol. The molecule has 0 aliphatic heterocycles. The van der Waals surface area contributed by atoms with Gasteiger partial charge in [0.15, 0.2) is 0 Å². The molecule has 0 aromatic carbocycles. The van der Waals surface area contributed by atoms with E-state index in [1.807, 2.05) is 0 Å². The Morgan fingerprint density at radius 1 is 1.24 bits per heavy atom. The molecule has 0 saturated heterocycles. The number of unbranched alkanes of at least 4 members (excludes halogenated alkanes) is 4. The number of anilines is 1. The maximum atomic E-state index is 5.98. The van der Waals surface area contributed by atoms with E-state index in [1.165, 1.54) is 25.7 Å². The van der Waals surface area contributed by atoms with E-state index in [4.69, 9.17) is 22.1 Å². The summed E-state index contributed by atoms with van der Waals surface area (Å²) in [4.78, 5) is 4.14. The first-order valence-corrected chi connectivity index (χ1v) is 6.60. The number of pyridine rings is 1. The van der Waals surface area contributed by atoms with E-state index in [-0.39, 0.29) is 0 Å². The van der Waals surface area contributed by atoms with E-state index in [2.05, 4.69) is 11.9 Å². The molecule has 4 heteroatoms. The lowest BCUT2D eigenvalue weighted by Crippen LogP contribution is -2.01. The predicted octanol–water partition coefficient (Wildman–Crippen LogP) is 3.80. The van der Waals surface area contributed by atoms with Crippen molar-refractivity contribution in [1.82, 2.24) is 4.98 Å². The molecule has 0 aliphatic carbocycles. The molecule has 17 heavy (non-hydrogen) atoms. The van der Waals surface area contributed by atoms with Crippen molar-refractivity contribution >= 4 is 17.4 Å². The smallest absolute Gasteiger partial charge is 0.123 e. The van der Waals surface area contributed by atoms with E-state index in [1.54, 1.807) is 12.1 Å². The monoisotopic (exact) mass is 256 g/mol. The second-order valence-corrected chi connectivity index (χ2v) is 4.54. The molecular weight excluding hydrogens is 236 g/mol. The fourth-order valence-electron chi connectivity index (χ4n) is 1.58. The SMILES string of the molecule is CCCCCCCOCc1nc(N)ccc1Cl. The van der Waals surface area contributed by atoms with Crippen molar-refractivity contribution in [3.05, 3.63) is 22.8 Å². The van der Waals surface area contributed by atoms with Gasteiger partial charge in [-0.2, -0.15) is 0 Å². The number of rotatable bonds is 8. The second-order valence-electron chi connectivity index (χ2n) is 4.13. The molecular formula is C13H21ClN2O. The summed E-state index contributed by atoms with van der Waals surface area (Å²) in [5.41, 5.74) is 6.31. The van der Waals surface area contributed by atoms with Crippen LogP contribution in [-0.4, -0.2) is 11.6 Å². The lowest BCUT2D eigenvalue weighted by molar-refractivity contribution is 0.114. The Morgan fingerprint density at radius 2 is 2.00 bits per heavy atom. The van der Waals surface area contributed by atoms with E-state index in [9.17, 15) is 0 Å². The van der Waals surface area contributed by atoms with Gasteiger partial charge in [0.25, 0.3) is 0 Å². The zero-order valence-electron chi connectivity index (χ0n) is 10.4. The maximum absolute atomic E-state index is 5.98. The van der Waals surface area contributed by atoms with Crippen molar-refractivity contribution in [3.8, 4) is 0 Å². The van der Waals surface area contributed by atoms with Gasteiger partial charge in [-0.15, -0.1) is 0 Å². The number of aromatic nitrogens is 1. The van der Waals surface area contributed by atoms with Crippen LogP contribution in [0.15, 0.2) is 12.1 Å². The normalized spacial score (nSPS) is 10.7. The number of nitrogen functional groups attached to an aromatic ring is 1. The van der Waals surface area contributed by atoms with Crippen molar-refractivity contribution in [2.45, 2.75) is 45.6 Å². The number of ether oxygens (including phenoxy) is 1. The van der Waals surface area contributed by atoms with Crippen LogP contribution in [-0.2, 0) is 11.3 Å². The molecule has 1 heterocycles. The summed E-state index contributed by atoms with van der Waals surface area (Å²) < 4.78 is 5.53. The van der Waals surface area contributed by atoms with Gasteiger partial charge in [-0.05, 0) is 18.6 Å². The summed E-state index contributed by atoms with van der Waals surface area (Å²) in [6.45, 7) is 3.41. The van der Waals surface area contributed by atoms with Gasteiger partial charge in [-0.3, -0.25) is 0 Å². The highest BCUT2D eigenvalue weighted by Gasteiger charge is 2.02. The average Bonchev–Trinajstić information content (AvgIpc) is 2.32.